The van der Waals surface area contributed by atoms with Crippen LogP contribution in [0.1, 0.15) is 59.5 Å². The second-order valence-corrected chi connectivity index (χ2v) is 13.0. The van der Waals surface area contributed by atoms with E-state index >= 15 is 0 Å². The van der Waals surface area contributed by atoms with Crippen LogP contribution in [0.3, 0.4) is 0 Å². The Morgan fingerprint density at radius 1 is 1.09 bits per heavy atom. The highest BCUT2D eigenvalue weighted by Gasteiger charge is 2.44. The van der Waals surface area contributed by atoms with Crippen molar-refractivity contribution in [1.29, 1.82) is 0 Å². The number of aromatic nitrogens is 4. The van der Waals surface area contributed by atoms with E-state index in [2.05, 4.69) is 15.2 Å². The van der Waals surface area contributed by atoms with Crippen molar-refractivity contribution in [2.45, 2.75) is 57.5 Å². The number of nitrogens with zero attached hydrogens (tertiary/aromatic N) is 7. The predicted octanol–water partition coefficient (Wildman–Crippen LogP) is 3.95. The maximum absolute atomic E-state index is 14.4. The van der Waals surface area contributed by atoms with Gasteiger partial charge in [0.2, 0.25) is 0 Å². The molecule has 2 amide bonds. The van der Waals surface area contributed by atoms with Crippen LogP contribution >= 0.6 is 0 Å². The van der Waals surface area contributed by atoms with Crippen LogP contribution < -0.4 is 4.90 Å². The number of piperazine rings is 1. The fourth-order valence-corrected chi connectivity index (χ4v) is 6.00. The van der Waals surface area contributed by atoms with Gasteiger partial charge in [-0.2, -0.15) is 13.2 Å². The fraction of sp³-hybridized carbons (Fsp3) is 0.516. The molecule has 0 bridgehead atoms. The topological polar surface area (TPSA) is 106 Å². The van der Waals surface area contributed by atoms with Crippen LogP contribution in [0.2, 0.25) is 0 Å². The third-order valence-electron chi connectivity index (χ3n) is 8.48. The number of alkyl halides is 3. The van der Waals surface area contributed by atoms with Gasteiger partial charge in [-0.15, -0.1) is 10.2 Å². The number of hydrogen-bond donors (Lipinski definition) is 0. The molecule has 2 fully saturated rings. The molecule has 45 heavy (non-hydrogen) atoms. The molecule has 0 atom stereocenters. The van der Waals surface area contributed by atoms with Crippen molar-refractivity contribution < 1.29 is 32.2 Å². The molecule has 0 saturated carbocycles. The Kier molecular flexibility index (Phi) is 7.84. The molecule has 2 saturated heterocycles. The molecule has 14 heteroatoms. The lowest BCUT2D eigenvalue weighted by molar-refractivity contribution is -0.138. The number of amides is 2. The first-order valence-electron chi connectivity index (χ1n) is 14.9. The molecule has 0 spiro atoms. The van der Waals surface area contributed by atoms with Gasteiger partial charge in [-0.25, -0.2) is 9.78 Å². The zero-order valence-corrected chi connectivity index (χ0v) is 25.7. The first-order valence-corrected chi connectivity index (χ1v) is 14.9. The number of carbonyl (C=O) groups excluding carboxylic acids is 2. The van der Waals surface area contributed by atoms with Crippen LogP contribution in [-0.2, 0) is 47.6 Å². The molecule has 0 aliphatic carbocycles. The second-order valence-electron chi connectivity index (χ2n) is 13.0. The van der Waals surface area contributed by atoms with E-state index in [9.17, 15) is 22.8 Å². The molecule has 1 aromatic carbocycles. The summed E-state index contributed by atoms with van der Waals surface area (Å²) in [6.45, 7) is 7.78. The van der Waals surface area contributed by atoms with Gasteiger partial charge in [0.05, 0.1) is 31.0 Å². The minimum Gasteiger partial charge on any atom is -0.444 e. The van der Waals surface area contributed by atoms with Crippen molar-refractivity contribution in [3.63, 3.8) is 0 Å². The summed E-state index contributed by atoms with van der Waals surface area (Å²) < 4.78 is 55.9. The van der Waals surface area contributed by atoms with Crippen molar-refractivity contribution >= 4 is 17.7 Å². The van der Waals surface area contributed by atoms with Gasteiger partial charge in [0.1, 0.15) is 23.4 Å². The Bertz CT molecular complexity index is 1610. The zero-order chi connectivity index (χ0) is 32.1. The summed E-state index contributed by atoms with van der Waals surface area (Å²) in [5.74, 6) is 0.211. The van der Waals surface area contributed by atoms with Crippen LogP contribution in [-0.4, -0.2) is 86.5 Å². The molecule has 2 aromatic heterocycles. The van der Waals surface area contributed by atoms with E-state index in [1.165, 1.54) is 4.90 Å². The molecule has 240 valence electrons. The number of anilines is 1. The van der Waals surface area contributed by atoms with Gasteiger partial charge in [0.15, 0.2) is 0 Å². The maximum atomic E-state index is 14.4. The lowest BCUT2D eigenvalue weighted by atomic mass is 9.75. The standard InChI is InChI=1S/C31H36F3N7O4/c1-29(2,3)45-28(43)40-10-8-39(9-11-40)15-21-13-24(31(32,33)34)23-16-41(27(42)26(23)36-21)22-7-5-6-20(12-22)30(17-44-18-30)14-25-37-35-19-38(25)4/h5-7,12-13,19H,8-11,14-18H2,1-4H3. The number of benzene rings is 1. The molecular weight excluding hydrogens is 591 g/mol. The van der Waals surface area contributed by atoms with Crippen molar-refractivity contribution in [3.05, 3.63) is 70.6 Å². The van der Waals surface area contributed by atoms with Gasteiger partial charge in [-0.05, 0) is 44.5 Å². The summed E-state index contributed by atoms with van der Waals surface area (Å²) in [7, 11) is 1.86. The van der Waals surface area contributed by atoms with Crippen molar-refractivity contribution in [3.8, 4) is 0 Å². The van der Waals surface area contributed by atoms with Crippen LogP contribution in [0.25, 0.3) is 0 Å². The zero-order valence-electron chi connectivity index (χ0n) is 25.7. The quantitative estimate of drug-likeness (QED) is 0.405. The smallest absolute Gasteiger partial charge is 0.416 e. The summed E-state index contributed by atoms with van der Waals surface area (Å²) >= 11 is 0. The van der Waals surface area contributed by atoms with Gasteiger partial charge in [0, 0.05) is 62.9 Å². The SMILES string of the molecule is Cn1cnnc1CC1(c2cccc(N3Cc4c(C(F)(F)F)cc(CN5CCN(C(=O)OC(C)(C)C)CC5)nc4C3=O)c2)COC1. The van der Waals surface area contributed by atoms with E-state index in [1.54, 1.807) is 44.1 Å². The molecule has 5 heterocycles. The Balaban J connectivity index is 1.21. The average Bonchev–Trinajstić information content (AvgIpc) is 3.51. The van der Waals surface area contributed by atoms with Crippen LogP contribution in [0, 0.1) is 0 Å². The minimum absolute atomic E-state index is 0.117. The average molecular weight is 628 g/mol. The monoisotopic (exact) mass is 627 g/mol. The molecular formula is C31H36F3N7O4. The number of fused-ring (bicyclic) bond motifs is 1. The van der Waals surface area contributed by atoms with Crippen LogP contribution in [0.15, 0.2) is 36.7 Å². The molecule has 3 aliphatic heterocycles. The fourth-order valence-electron chi connectivity index (χ4n) is 6.00. The molecule has 6 rings (SSSR count). The maximum Gasteiger partial charge on any atom is 0.416 e. The normalized spacial score (nSPS) is 18.6. The number of aryl methyl sites for hydroxylation is 1. The van der Waals surface area contributed by atoms with Crippen LogP contribution in [0.5, 0.6) is 0 Å². The van der Waals surface area contributed by atoms with Gasteiger partial charge in [-0.3, -0.25) is 9.69 Å². The minimum atomic E-state index is -4.67. The van der Waals surface area contributed by atoms with E-state index in [0.717, 1.165) is 17.5 Å². The number of rotatable bonds is 6. The Morgan fingerprint density at radius 3 is 2.42 bits per heavy atom. The highest BCUT2D eigenvalue weighted by atomic mass is 19.4. The first-order chi connectivity index (χ1) is 21.2. The summed E-state index contributed by atoms with van der Waals surface area (Å²) in [4.78, 5) is 35.4. The lowest BCUT2D eigenvalue weighted by Gasteiger charge is -2.42. The van der Waals surface area contributed by atoms with E-state index in [4.69, 9.17) is 9.47 Å². The number of carbonyl (C=O) groups is 2. The second kappa shape index (κ2) is 11.4. The molecule has 3 aromatic rings. The van der Waals surface area contributed by atoms with Gasteiger partial charge in [-0.1, -0.05) is 12.1 Å². The Labute approximate surface area is 258 Å². The number of pyridine rings is 1. The molecule has 11 nitrogen and oxygen atoms in total. The van der Waals surface area contributed by atoms with Gasteiger partial charge >= 0.3 is 12.3 Å². The largest absolute Gasteiger partial charge is 0.444 e. The van der Waals surface area contributed by atoms with E-state index < -0.39 is 29.3 Å². The van der Waals surface area contributed by atoms with E-state index in [1.807, 2.05) is 28.6 Å². The van der Waals surface area contributed by atoms with Crippen molar-refractivity contribution in [2.75, 3.05) is 44.3 Å². The molecule has 0 N–H and O–H groups in total. The lowest BCUT2D eigenvalue weighted by Crippen LogP contribution is -2.49. The summed E-state index contributed by atoms with van der Waals surface area (Å²) in [6.07, 6.45) is -2.89. The predicted molar refractivity (Wildman–Crippen MR) is 156 cm³/mol. The summed E-state index contributed by atoms with van der Waals surface area (Å²) in [5, 5.41) is 8.17. The molecule has 0 unspecified atom stereocenters. The Hall–Kier alpha value is -4.04. The van der Waals surface area contributed by atoms with E-state index in [-0.39, 0.29) is 35.5 Å². The van der Waals surface area contributed by atoms with Crippen molar-refractivity contribution in [2.24, 2.45) is 7.05 Å². The van der Waals surface area contributed by atoms with Gasteiger partial charge < -0.3 is 23.8 Å². The first kappa shape index (κ1) is 31.0. The van der Waals surface area contributed by atoms with Gasteiger partial charge in [0.25, 0.3) is 5.91 Å². The van der Waals surface area contributed by atoms with Crippen LogP contribution in [0.4, 0.5) is 23.7 Å². The Morgan fingerprint density at radius 2 is 1.82 bits per heavy atom. The number of ether oxygens (including phenoxy) is 2. The number of halogens is 3. The van der Waals surface area contributed by atoms with Crippen molar-refractivity contribution in [1.82, 2.24) is 29.5 Å². The molecule has 3 aliphatic rings. The molecule has 0 radical (unpaired) electrons. The third kappa shape index (κ3) is 6.25. The third-order valence-corrected chi connectivity index (χ3v) is 8.48. The summed E-state index contributed by atoms with van der Waals surface area (Å²) in [6, 6.07) is 8.37. The summed E-state index contributed by atoms with van der Waals surface area (Å²) in [5.41, 5.74) is -0.611. The number of hydrogen-bond acceptors (Lipinski definition) is 8. The highest BCUT2D eigenvalue weighted by molar-refractivity contribution is 6.09. The highest BCUT2D eigenvalue weighted by Crippen LogP contribution is 2.41. The van der Waals surface area contributed by atoms with E-state index in [0.29, 0.717) is 51.5 Å².